The van der Waals surface area contributed by atoms with E-state index in [1.807, 2.05) is 4.90 Å². The molecule has 1 aromatic heterocycles. The SMILES string of the molecule is O=[N+]([O-])c1ccc(N2CCN(C(=S)Nc3ccc(F)cc3)CC2)nc1NCCN1CCOCC1. The number of hydrogen-bond donors (Lipinski definition) is 2. The summed E-state index contributed by atoms with van der Waals surface area (Å²) in [5.74, 6) is 0.679. The fourth-order valence-electron chi connectivity index (χ4n) is 3.93. The second-order valence-electron chi connectivity index (χ2n) is 8.09. The van der Waals surface area contributed by atoms with Crippen molar-refractivity contribution in [3.05, 3.63) is 52.3 Å². The van der Waals surface area contributed by atoms with Crippen molar-refractivity contribution in [1.82, 2.24) is 14.8 Å². The molecule has 0 unspecified atom stereocenters. The maximum atomic E-state index is 13.1. The van der Waals surface area contributed by atoms with E-state index in [0.717, 1.165) is 25.3 Å². The van der Waals surface area contributed by atoms with Crippen molar-refractivity contribution < 1.29 is 14.1 Å². The Balaban J connectivity index is 1.33. The monoisotopic (exact) mass is 489 g/mol. The molecule has 2 fully saturated rings. The predicted octanol–water partition coefficient (Wildman–Crippen LogP) is 2.39. The molecule has 12 heteroatoms. The Morgan fingerprint density at radius 1 is 1.09 bits per heavy atom. The molecule has 0 saturated carbocycles. The van der Waals surface area contributed by atoms with Gasteiger partial charge in [0.15, 0.2) is 5.11 Å². The molecule has 3 heterocycles. The predicted molar refractivity (Wildman–Crippen MR) is 133 cm³/mol. The van der Waals surface area contributed by atoms with Crippen molar-refractivity contribution in [3.63, 3.8) is 0 Å². The number of halogens is 1. The molecule has 0 bridgehead atoms. The second kappa shape index (κ2) is 11.4. The van der Waals surface area contributed by atoms with Gasteiger partial charge in [0.25, 0.3) is 0 Å². The van der Waals surface area contributed by atoms with Gasteiger partial charge in [-0.15, -0.1) is 0 Å². The minimum atomic E-state index is -0.411. The number of morpholine rings is 1. The molecule has 182 valence electrons. The number of thiocarbonyl (C=S) groups is 1. The van der Waals surface area contributed by atoms with E-state index in [4.69, 9.17) is 17.0 Å². The molecular formula is C22H28FN7O3S. The van der Waals surface area contributed by atoms with Gasteiger partial charge in [-0.25, -0.2) is 9.37 Å². The Labute approximate surface area is 202 Å². The zero-order chi connectivity index (χ0) is 23.9. The molecule has 2 saturated heterocycles. The number of ether oxygens (including phenoxy) is 1. The average molecular weight is 490 g/mol. The van der Waals surface area contributed by atoms with Crippen LogP contribution in [-0.4, -0.2) is 90.4 Å². The molecule has 0 atom stereocenters. The van der Waals surface area contributed by atoms with E-state index in [1.54, 1.807) is 18.2 Å². The standard InChI is InChI=1S/C22H28FN7O3S/c23-17-1-3-18(4-2-17)25-22(34)29-11-9-28(10-12-29)20-6-5-19(30(31)32)21(26-20)24-7-8-27-13-15-33-16-14-27/h1-6H,7-16H2,(H,24,26)(H,25,34). The third kappa shape index (κ3) is 6.27. The summed E-state index contributed by atoms with van der Waals surface area (Å²) in [7, 11) is 0. The molecule has 1 aromatic carbocycles. The summed E-state index contributed by atoms with van der Waals surface area (Å²) in [6.07, 6.45) is 0. The lowest BCUT2D eigenvalue weighted by Crippen LogP contribution is -2.50. The summed E-state index contributed by atoms with van der Waals surface area (Å²) in [6, 6.07) is 9.26. The van der Waals surface area contributed by atoms with Gasteiger partial charge in [0, 0.05) is 64.1 Å². The van der Waals surface area contributed by atoms with E-state index in [9.17, 15) is 14.5 Å². The first-order valence-corrected chi connectivity index (χ1v) is 11.7. The van der Waals surface area contributed by atoms with Crippen LogP contribution in [0.3, 0.4) is 0 Å². The van der Waals surface area contributed by atoms with Gasteiger partial charge in [-0.3, -0.25) is 15.0 Å². The van der Waals surface area contributed by atoms with Crippen molar-refractivity contribution in [2.24, 2.45) is 0 Å². The van der Waals surface area contributed by atoms with Crippen LogP contribution in [-0.2, 0) is 4.74 Å². The minimum Gasteiger partial charge on any atom is -0.379 e. The quantitative estimate of drug-likeness (QED) is 0.343. The van der Waals surface area contributed by atoms with Crippen LogP contribution in [0.4, 0.5) is 27.4 Å². The zero-order valence-electron chi connectivity index (χ0n) is 18.8. The topological polar surface area (TPSA) is 99.0 Å². The highest BCUT2D eigenvalue weighted by molar-refractivity contribution is 7.80. The largest absolute Gasteiger partial charge is 0.379 e. The highest BCUT2D eigenvalue weighted by atomic mass is 32.1. The highest BCUT2D eigenvalue weighted by Crippen LogP contribution is 2.26. The van der Waals surface area contributed by atoms with E-state index in [2.05, 4.69) is 25.4 Å². The minimum absolute atomic E-state index is 0.0333. The average Bonchev–Trinajstić information content (AvgIpc) is 2.86. The molecule has 0 aliphatic carbocycles. The van der Waals surface area contributed by atoms with Crippen LogP contribution >= 0.6 is 12.2 Å². The van der Waals surface area contributed by atoms with E-state index in [-0.39, 0.29) is 17.3 Å². The Hall–Kier alpha value is -3.09. The summed E-state index contributed by atoms with van der Waals surface area (Å²) in [5.41, 5.74) is 0.702. The normalized spacial score (nSPS) is 16.9. The summed E-state index contributed by atoms with van der Waals surface area (Å²) >= 11 is 5.50. The zero-order valence-corrected chi connectivity index (χ0v) is 19.6. The van der Waals surface area contributed by atoms with Gasteiger partial charge in [0.1, 0.15) is 11.6 Å². The lowest BCUT2D eigenvalue weighted by Gasteiger charge is -2.36. The van der Waals surface area contributed by atoms with Gasteiger partial charge in [0.2, 0.25) is 5.82 Å². The number of nitrogens with zero attached hydrogens (tertiary/aromatic N) is 5. The summed E-state index contributed by atoms with van der Waals surface area (Å²) in [4.78, 5) is 22.1. The number of piperazine rings is 1. The van der Waals surface area contributed by atoms with Gasteiger partial charge >= 0.3 is 5.69 Å². The van der Waals surface area contributed by atoms with E-state index in [0.29, 0.717) is 56.9 Å². The van der Waals surface area contributed by atoms with Crippen molar-refractivity contribution in [2.45, 2.75) is 0 Å². The number of rotatable bonds is 7. The van der Waals surface area contributed by atoms with Crippen molar-refractivity contribution in [2.75, 3.05) is 81.1 Å². The molecule has 4 rings (SSSR count). The number of benzene rings is 1. The first-order chi connectivity index (χ1) is 16.5. The fourth-order valence-corrected chi connectivity index (χ4v) is 4.23. The van der Waals surface area contributed by atoms with Crippen LogP contribution in [0.5, 0.6) is 0 Å². The van der Waals surface area contributed by atoms with Crippen LogP contribution in [0.25, 0.3) is 0 Å². The van der Waals surface area contributed by atoms with E-state index < -0.39 is 4.92 Å². The third-order valence-corrected chi connectivity index (χ3v) is 6.23. The summed E-state index contributed by atoms with van der Waals surface area (Å²) < 4.78 is 18.5. The first kappa shape index (κ1) is 24.0. The Kier molecular flexibility index (Phi) is 8.03. The van der Waals surface area contributed by atoms with Gasteiger partial charge in [-0.05, 0) is 42.5 Å². The molecule has 2 aliphatic heterocycles. The Morgan fingerprint density at radius 2 is 1.79 bits per heavy atom. The lowest BCUT2D eigenvalue weighted by atomic mass is 10.3. The smallest absolute Gasteiger partial charge is 0.311 e. The van der Waals surface area contributed by atoms with Crippen molar-refractivity contribution >= 4 is 40.3 Å². The number of nitro groups is 1. The number of anilines is 3. The molecule has 2 aliphatic rings. The fraction of sp³-hybridized carbons (Fsp3) is 0.455. The molecule has 10 nitrogen and oxygen atoms in total. The molecule has 0 amide bonds. The van der Waals surface area contributed by atoms with Gasteiger partial charge < -0.3 is 25.2 Å². The molecular weight excluding hydrogens is 461 g/mol. The van der Waals surface area contributed by atoms with Gasteiger partial charge in [0.05, 0.1) is 18.1 Å². The summed E-state index contributed by atoms with van der Waals surface area (Å²) in [5, 5.41) is 18.4. The van der Waals surface area contributed by atoms with Crippen LogP contribution < -0.4 is 15.5 Å². The van der Waals surface area contributed by atoms with Crippen molar-refractivity contribution in [1.29, 1.82) is 0 Å². The number of hydrogen-bond acceptors (Lipinski definition) is 8. The molecule has 2 aromatic rings. The van der Waals surface area contributed by atoms with Crippen LogP contribution in [0.15, 0.2) is 36.4 Å². The molecule has 0 spiro atoms. The van der Waals surface area contributed by atoms with Crippen molar-refractivity contribution in [3.8, 4) is 0 Å². The maximum absolute atomic E-state index is 13.1. The summed E-state index contributed by atoms with van der Waals surface area (Å²) in [6.45, 7) is 7.16. The highest BCUT2D eigenvalue weighted by Gasteiger charge is 2.23. The number of nitrogens with one attached hydrogen (secondary N) is 2. The van der Waals surface area contributed by atoms with Gasteiger partial charge in [-0.2, -0.15) is 0 Å². The maximum Gasteiger partial charge on any atom is 0.311 e. The van der Waals surface area contributed by atoms with Crippen LogP contribution in [0.2, 0.25) is 0 Å². The van der Waals surface area contributed by atoms with E-state index in [1.165, 1.54) is 18.2 Å². The van der Waals surface area contributed by atoms with Crippen LogP contribution in [0.1, 0.15) is 0 Å². The third-order valence-electron chi connectivity index (χ3n) is 5.87. The number of pyridine rings is 1. The number of aromatic nitrogens is 1. The molecule has 2 N–H and O–H groups in total. The lowest BCUT2D eigenvalue weighted by molar-refractivity contribution is -0.384. The first-order valence-electron chi connectivity index (χ1n) is 11.3. The van der Waals surface area contributed by atoms with Gasteiger partial charge in [-0.1, -0.05) is 0 Å². The van der Waals surface area contributed by atoms with Crippen LogP contribution in [0, 0.1) is 15.9 Å². The molecule has 34 heavy (non-hydrogen) atoms. The Morgan fingerprint density at radius 3 is 2.47 bits per heavy atom. The Bertz CT molecular complexity index is 996. The molecule has 0 radical (unpaired) electrons. The second-order valence-corrected chi connectivity index (χ2v) is 8.47. The van der Waals surface area contributed by atoms with E-state index >= 15 is 0 Å².